The Balaban J connectivity index is 2.13. The molecular weight excluding hydrogens is 253 g/mol. The molecule has 0 aliphatic carbocycles. The van der Waals surface area contributed by atoms with Crippen LogP contribution in [0.1, 0.15) is 29.3 Å². The second-order valence-electron chi connectivity index (χ2n) is 4.03. The van der Waals surface area contributed by atoms with E-state index in [0.717, 1.165) is 10.7 Å². The Morgan fingerprint density at radius 3 is 2.89 bits per heavy atom. The number of aliphatic hydroxyl groups excluding tert-OH is 1. The molecule has 0 bridgehead atoms. The molecule has 1 atom stereocenters. The number of aliphatic hydroxyl groups is 1. The van der Waals surface area contributed by atoms with Crippen molar-refractivity contribution in [2.75, 3.05) is 0 Å². The van der Waals surface area contributed by atoms with Crippen LogP contribution in [0.4, 0.5) is 4.39 Å². The van der Waals surface area contributed by atoms with E-state index in [2.05, 4.69) is 4.98 Å². The molecule has 1 heterocycles. The first-order chi connectivity index (χ1) is 8.56. The molecule has 1 aromatic carbocycles. The molecule has 1 aromatic heterocycles. The van der Waals surface area contributed by atoms with E-state index >= 15 is 0 Å². The topological polar surface area (TPSA) is 42.4 Å². The van der Waals surface area contributed by atoms with E-state index in [0.29, 0.717) is 17.9 Å². The van der Waals surface area contributed by atoms with Gasteiger partial charge in [-0.3, -0.25) is 0 Å². The molecule has 5 heteroatoms. The molecule has 0 saturated carbocycles. The van der Waals surface area contributed by atoms with Crippen LogP contribution in [0.15, 0.2) is 23.6 Å². The Morgan fingerprint density at radius 2 is 2.28 bits per heavy atom. The largest absolute Gasteiger partial charge is 0.486 e. The normalized spacial score (nSPS) is 12.4. The molecule has 0 aliphatic heterocycles. The molecule has 2 aromatic rings. The van der Waals surface area contributed by atoms with Crippen LogP contribution in [0.2, 0.25) is 0 Å². The summed E-state index contributed by atoms with van der Waals surface area (Å²) in [4.78, 5) is 4.27. The van der Waals surface area contributed by atoms with Gasteiger partial charge < -0.3 is 9.84 Å². The molecule has 0 fully saturated rings. The standard InChI is InChI=1S/C13H14FNO2S/c1-8-7-18-13(15-8)6-17-12-4-3-10(14)5-11(12)9(2)16/h3-5,7,9,16H,6H2,1-2H3. The third-order valence-corrected chi connectivity index (χ3v) is 3.38. The van der Waals surface area contributed by atoms with E-state index in [9.17, 15) is 9.50 Å². The number of halogens is 1. The van der Waals surface area contributed by atoms with Crippen molar-refractivity contribution in [2.24, 2.45) is 0 Å². The van der Waals surface area contributed by atoms with E-state index in [1.807, 2.05) is 12.3 Å². The first-order valence-electron chi connectivity index (χ1n) is 5.57. The molecule has 96 valence electrons. The highest BCUT2D eigenvalue weighted by atomic mass is 32.1. The minimum Gasteiger partial charge on any atom is -0.486 e. The summed E-state index contributed by atoms with van der Waals surface area (Å²) in [6.07, 6.45) is -0.770. The fraction of sp³-hybridized carbons (Fsp3) is 0.308. The maximum Gasteiger partial charge on any atom is 0.140 e. The van der Waals surface area contributed by atoms with Gasteiger partial charge in [0.25, 0.3) is 0 Å². The molecule has 1 unspecified atom stereocenters. The average Bonchev–Trinajstić information content (AvgIpc) is 2.73. The minimum atomic E-state index is -0.770. The average molecular weight is 267 g/mol. The van der Waals surface area contributed by atoms with Gasteiger partial charge in [0.2, 0.25) is 0 Å². The summed E-state index contributed by atoms with van der Waals surface area (Å²) in [5.74, 6) is 0.0996. The van der Waals surface area contributed by atoms with E-state index in [4.69, 9.17) is 4.74 Å². The van der Waals surface area contributed by atoms with Gasteiger partial charge in [-0.1, -0.05) is 0 Å². The molecule has 0 spiro atoms. The second-order valence-corrected chi connectivity index (χ2v) is 4.97. The predicted molar refractivity (Wildman–Crippen MR) is 68.2 cm³/mol. The zero-order valence-corrected chi connectivity index (χ0v) is 11.0. The summed E-state index contributed by atoms with van der Waals surface area (Å²) in [5, 5.41) is 12.4. The SMILES string of the molecule is Cc1csc(COc2ccc(F)cc2C(C)O)n1. The van der Waals surface area contributed by atoms with Crippen LogP contribution in [-0.4, -0.2) is 10.1 Å². The summed E-state index contributed by atoms with van der Waals surface area (Å²) in [7, 11) is 0. The van der Waals surface area contributed by atoms with Gasteiger partial charge in [-0.05, 0) is 32.0 Å². The minimum absolute atomic E-state index is 0.323. The highest BCUT2D eigenvalue weighted by Crippen LogP contribution is 2.27. The van der Waals surface area contributed by atoms with Gasteiger partial charge in [-0.25, -0.2) is 9.37 Å². The van der Waals surface area contributed by atoms with Gasteiger partial charge in [0.1, 0.15) is 23.2 Å². The Kier molecular flexibility index (Phi) is 3.93. The number of rotatable bonds is 4. The van der Waals surface area contributed by atoms with Crippen LogP contribution in [0.5, 0.6) is 5.75 Å². The number of aryl methyl sites for hydroxylation is 1. The lowest BCUT2D eigenvalue weighted by molar-refractivity contribution is 0.189. The van der Waals surface area contributed by atoms with Crippen molar-refractivity contribution in [3.05, 3.63) is 45.7 Å². The molecule has 0 saturated heterocycles. The molecule has 0 aliphatic rings. The summed E-state index contributed by atoms with van der Waals surface area (Å²) < 4.78 is 18.7. The number of hydrogen-bond acceptors (Lipinski definition) is 4. The van der Waals surface area contributed by atoms with Crippen molar-refractivity contribution in [3.63, 3.8) is 0 Å². The second kappa shape index (κ2) is 5.46. The highest BCUT2D eigenvalue weighted by Gasteiger charge is 2.11. The molecule has 18 heavy (non-hydrogen) atoms. The monoisotopic (exact) mass is 267 g/mol. The molecule has 0 amide bonds. The third-order valence-electron chi connectivity index (χ3n) is 2.44. The molecule has 3 nitrogen and oxygen atoms in total. The van der Waals surface area contributed by atoms with Crippen molar-refractivity contribution >= 4 is 11.3 Å². The molecule has 1 N–H and O–H groups in total. The van der Waals surface area contributed by atoms with Crippen LogP contribution in [0.25, 0.3) is 0 Å². The number of aromatic nitrogens is 1. The smallest absolute Gasteiger partial charge is 0.140 e. The van der Waals surface area contributed by atoms with Gasteiger partial charge in [0.05, 0.1) is 6.10 Å². The number of thiazole rings is 1. The first kappa shape index (κ1) is 13.0. The summed E-state index contributed by atoms with van der Waals surface area (Å²) in [6.45, 7) is 3.82. The van der Waals surface area contributed by atoms with Gasteiger partial charge in [0, 0.05) is 16.6 Å². The van der Waals surface area contributed by atoms with Crippen molar-refractivity contribution in [1.82, 2.24) is 4.98 Å². The Morgan fingerprint density at radius 1 is 1.50 bits per heavy atom. The van der Waals surface area contributed by atoms with Gasteiger partial charge >= 0.3 is 0 Å². The number of hydrogen-bond donors (Lipinski definition) is 1. The van der Waals surface area contributed by atoms with Gasteiger partial charge in [0.15, 0.2) is 0 Å². The van der Waals surface area contributed by atoms with E-state index < -0.39 is 6.10 Å². The van der Waals surface area contributed by atoms with Gasteiger partial charge in [-0.2, -0.15) is 0 Å². The maximum atomic E-state index is 13.1. The van der Waals surface area contributed by atoms with Crippen molar-refractivity contribution in [3.8, 4) is 5.75 Å². The summed E-state index contributed by atoms with van der Waals surface area (Å²) in [5.41, 5.74) is 1.40. The summed E-state index contributed by atoms with van der Waals surface area (Å²) >= 11 is 1.51. The number of benzene rings is 1. The van der Waals surface area contributed by atoms with Crippen molar-refractivity contribution in [1.29, 1.82) is 0 Å². The van der Waals surface area contributed by atoms with Crippen molar-refractivity contribution in [2.45, 2.75) is 26.6 Å². The van der Waals surface area contributed by atoms with Crippen LogP contribution in [0.3, 0.4) is 0 Å². The van der Waals surface area contributed by atoms with Crippen LogP contribution < -0.4 is 4.74 Å². The third kappa shape index (κ3) is 3.05. The fourth-order valence-electron chi connectivity index (χ4n) is 1.59. The maximum absolute atomic E-state index is 13.1. The molecule has 2 rings (SSSR count). The highest BCUT2D eigenvalue weighted by molar-refractivity contribution is 7.09. The molecule has 0 radical (unpaired) electrons. The lowest BCUT2D eigenvalue weighted by Crippen LogP contribution is -2.01. The van der Waals surface area contributed by atoms with Crippen LogP contribution >= 0.6 is 11.3 Å². The quantitative estimate of drug-likeness (QED) is 0.924. The predicted octanol–water partition coefficient (Wildman–Crippen LogP) is 3.22. The van der Waals surface area contributed by atoms with Crippen LogP contribution in [-0.2, 0) is 6.61 Å². The van der Waals surface area contributed by atoms with E-state index in [1.165, 1.54) is 29.5 Å². The number of nitrogens with zero attached hydrogens (tertiary/aromatic N) is 1. The Hall–Kier alpha value is -1.46. The lowest BCUT2D eigenvalue weighted by atomic mass is 10.1. The number of ether oxygens (including phenoxy) is 1. The Bertz CT molecular complexity index is 540. The Labute approximate surface area is 109 Å². The summed E-state index contributed by atoms with van der Waals surface area (Å²) in [6, 6.07) is 4.12. The zero-order chi connectivity index (χ0) is 13.1. The van der Waals surface area contributed by atoms with Gasteiger partial charge in [-0.15, -0.1) is 11.3 Å². The first-order valence-corrected chi connectivity index (χ1v) is 6.45. The fourth-order valence-corrected chi connectivity index (χ4v) is 2.27. The van der Waals surface area contributed by atoms with Crippen LogP contribution in [0, 0.1) is 12.7 Å². The van der Waals surface area contributed by atoms with E-state index in [1.54, 1.807) is 6.92 Å². The van der Waals surface area contributed by atoms with E-state index in [-0.39, 0.29) is 5.82 Å². The molecular formula is C13H14FNO2S. The lowest BCUT2D eigenvalue weighted by Gasteiger charge is -2.12. The van der Waals surface area contributed by atoms with Crippen molar-refractivity contribution < 1.29 is 14.2 Å². The zero-order valence-electron chi connectivity index (χ0n) is 10.2.